The Hall–Kier alpha value is -2.89. The average Bonchev–Trinajstić information content (AvgIpc) is 2.59. The van der Waals surface area contributed by atoms with Crippen molar-refractivity contribution < 1.29 is 19.4 Å². The summed E-state index contributed by atoms with van der Waals surface area (Å²) in [7, 11) is 0. The fourth-order valence-corrected chi connectivity index (χ4v) is 2.16. The molecule has 6 nitrogen and oxygen atoms in total. The molecule has 2 aromatic rings. The van der Waals surface area contributed by atoms with Crippen molar-refractivity contribution in [3.8, 4) is 11.5 Å². The van der Waals surface area contributed by atoms with Gasteiger partial charge in [0.2, 0.25) is 0 Å². The van der Waals surface area contributed by atoms with E-state index in [9.17, 15) is 9.59 Å². The highest BCUT2D eigenvalue weighted by Gasteiger charge is 2.24. The first-order valence-electron chi connectivity index (χ1n) is 7.73. The number of ether oxygens (including phenoxy) is 1. The fourth-order valence-electron chi connectivity index (χ4n) is 2.16. The number of aliphatic carboxylic acids is 1. The first-order chi connectivity index (χ1) is 11.5. The van der Waals surface area contributed by atoms with Crippen LogP contribution in [0.15, 0.2) is 48.7 Å². The van der Waals surface area contributed by atoms with Crippen molar-refractivity contribution in [2.75, 3.05) is 6.54 Å². The summed E-state index contributed by atoms with van der Waals surface area (Å²) in [6, 6.07) is 12.1. The Morgan fingerprint density at radius 3 is 2.54 bits per heavy atom. The molecule has 0 bridgehead atoms. The van der Waals surface area contributed by atoms with E-state index in [0.717, 1.165) is 0 Å². The third-order valence-corrected chi connectivity index (χ3v) is 3.62. The summed E-state index contributed by atoms with van der Waals surface area (Å²) >= 11 is 0. The fraction of sp³-hybridized carbons (Fsp3) is 0.278. The van der Waals surface area contributed by atoms with Gasteiger partial charge in [-0.2, -0.15) is 0 Å². The normalized spacial score (nSPS) is 11.6. The van der Waals surface area contributed by atoms with Gasteiger partial charge in [-0.05, 0) is 31.5 Å². The van der Waals surface area contributed by atoms with E-state index in [1.165, 1.54) is 17.2 Å². The first kappa shape index (κ1) is 17.5. The van der Waals surface area contributed by atoms with Crippen LogP contribution in [-0.2, 0) is 4.79 Å². The second kappa shape index (κ2) is 8.10. The molecule has 0 saturated heterocycles. The van der Waals surface area contributed by atoms with Gasteiger partial charge >= 0.3 is 5.97 Å². The number of pyridine rings is 1. The van der Waals surface area contributed by atoms with E-state index in [1.54, 1.807) is 18.2 Å². The molecule has 0 aliphatic heterocycles. The van der Waals surface area contributed by atoms with Crippen LogP contribution in [0.5, 0.6) is 11.5 Å². The van der Waals surface area contributed by atoms with Gasteiger partial charge in [0, 0.05) is 18.3 Å². The van der Waals surface area contributed by atoms with Gasteiger partial charge in [0.1, 0.15) is 23.7 Å². The van der Waals surface area contributed by atoms with Crippen LogP contribution in [0.3, 0.4) is 0 Å². The van der Waals surface area contributed by atoms with Gasteiger partial charge in [-0.25, -0.2) is 0 Å². The predicted octanol–water partition coefficient (Wildman–Crippen LogP) is 3.20. The summed E-state index contributed by atoms with van der Waals surface area (Å²) in [6.07, 6.45) is 2.13. The number of amides is 1. The maximum atomic E-state index is 12.6. The molecule has 1 N–H and O–H groups in total. The number of carboxylic acid groups (broad SMARTS) is 1. The number of nitrogens with zero attached hydrogens (tertiary/aromatic N) is 2. The largest absolute Gasteiger partial charge is 0.480 e. The molecule has 1 amide bonds. The zero-order valence-electron chi connectivity index (χ0n) is 13.7. The topological polar surface area (TPSA) is 79.7 Å². The van der Waals surface area contributed by atoms with Crippen LogP contribution in [0.4, 0.5) is 0 Å². The van der Waals surface area contributed by atoms with E-state index in [1.807, 2.05) is 32.0 Å². The number of hydrogen-bond acceptors (Lipinski definition) is 4. The maximum absolute atomic E-state index is 12.6. The highest BCUT2D eigenvalue weighted by Crippen LogP contribution is 2.21. The van der Waals surface area contributed by atoms with Crippen LogP contribution in [0.2, 0.25) is 0 Å². The summed E-state index contributed by atoms with van der Waals surface area (Å²) in [6.45, 7) is 3.35. The number of hydrogen-bond donors (Lipinski definition) is 1. The zero-order valence-corrected chi connectivity index (χ0v) is 13.7. The molecule has 1 aromatic heterocycles. The lowest BCUT2D eigenvalue weighted by Gasteiger charge is -2.26. The average molecular weight is 328 g/mol. The highest BCUT2D eigenvalue weighted by atomic mass is 16.5. The molecule has 2 rings (SSSR count). The molecule has 0 fully saturated rings. The van der Waals surface area contributed by atoms with E-state index in [-0.39, 0.29) is 18.3 Å². The molecule has 1 unspecified atom stereocenters. The van der Waals surface area contributed by atoms with Gasteiger partial charge in [-0.1, -0.05) is 25.1 Å². The van der Waals surface area contributed by atoms with Crippen molar-refractivity contribution in [1.29, 1.82) is 0 Å². The van der Waals surface area contributed by atoms with Crippen LogP contribution in [-0.4, -0.2) is 39.5 Å². The van der Waals surface area contributed by atoms with Crippen molar-refractivity contribution in [2.24, 2.45) is 0 Å². The Morgan fingerprint density at radius 2 is 1.92 bits per heavy atom. The maximum Gasteiger partial charge on any atom is 0.323 e. The number of aromatic nitrogens is 1. The third-order valence-electron chi connectivity index (χ3n) is 3.62. The lowest BCUT2D eigenvalue weighted by Crippen LogP contribution is -2.42. The lowest BCUT2D eigenvalue weighted by atomic mass is 10.2. The van der Waals surface area contributed by atoms with Crippen molar-refractivity contribution in [3.05, 3.63) is 54.4 Å². The molecule has 0 saturated carbocycles. The molecule has 1 heterocycles. The number of carbonyl (C=O) groups excluding carboxylic acids is 1. The minimum absolute atomic E-state index is 0.157. The Kier molecular flexibility index (Phi) is 5.89. The number of carboxylic acids is 1. The lowest BCUT2D eigenvalue weighted by molar-refractivity contribution is -0.138. The molecular weight excluding hydrogens is 308 g/mol. The van der Waals surface area contributed by atoms with Gasteiger partial charge < -0.3 is 14.7 Å². The van der Waals surface area contributed by atoms with Gasteiger partial charge in [0.15, 0.2) is 0 Å². The molecule has 24 heavy (non-hydrogen) atoms. The number of rotatable bonds is 7. The Morgan fingerprint density at radius 1 is 1.21 bits per heavy atom. The van der Waals surface area contributed by atoms with Crippen LogP contribution in [0.1, 0.15) is 30.8 Å². The van der Waals surface area contributed by atoms with Crippen LogP contribution in [0.25, 0.3) is 0 Å². The summed E-state index contributed by atoms with van der Waals surface area (Å²) in [5, 5.41) is 9.03. The number of carbonyl (C=O) groups is 2. The molecule has 0 spiro atoms. The molecule has 126 valence electrons. The highest BCUT2D eigenvalue weighted by molar-refractivity contribution is 5.94. The van der Waals surface area contributed by atoms with E-state index in [0.29, 0.717) is 17.9 Å². The van der Waals surface area contributed by atoms with Gasteiger partial charge in [-0.15, -0.1) is 0 Å². The third kappa shape index (κ3) is 4.55. The van der Waals surface area contributed by atoms with E-state index < -0.39 is 11.9 Å². The second-order valence-corrected chi connectivity index (χ2v) is 5.38. The van der Waals surface area contributed by atoms with Crippen molar-refractivity contribution in [1.82, 2.24) is 9.88 Å². The minimum Gasteiger partial charge on any atom is -0.480 e. The molecule has 1 aromatic carbocycles. The number of benzene rings is 1. The SMILES string of the molecule is CCC(C)N(CC(=O)O)C(=O)c1cc(Oc2ccccc2)ccn1. The van der Waals surface area contributed by atoms with Crippen LogP contribution in [0, 0.1) is 0 Å². The van der Waals surface area contributed by atoms with Crippen LogP contribution < -0.4 is 4.74 Å². The van der Waals surface area contributed by atoms with Crippen LogP contribution >= 0.6 is 0 Å². The Bertz CT molecular complexity index is 703. The molecule has 0 radical (unpaired) electrons. The van der Waals surface area contributed by atoms with Gasteiger partial charge in [0.05, 0.1) is 0 Å². The second-order valence-electron chi connectivity index (χ2n) is 5.38. The molecule has 0 aliphatic rings. The zero-order chi connectivity index (χ0) is 17.5. The van der Waals surface area contributed by atoms with E-state index >= 15 is 0 Å². The molecule has 1 atom stereocenters. The monoisotopic (exact) mass is 328 g/mol. The quantitative estimate of drug-likeness (QED) is 0.844. The predicted molar refractivity (Wildman–Crippen MR) is 89.2 cm³/mol. The van der Waals surface area contributed by atoms with Crippen molar-refractivity contribution in [3.63, 3.8) is 0 Å². The summed E-state index contributed by atoms with van der Waals surface area (Å²) < 4.78 is 5.69. The summed E-state index contributed by atoms with van der Waals surface area (Å²) in [4.78, 5) is 29.0. The van der Waals surface area contributed by atoms with Crippen molar-refractivity contribution in [2.45, 2.75) is 26.3 Å². The Balaban J connectivity index is 2.22. The number of para-hydroxylation sites is 1. The molecular formula is C18H20N2O4. The van der Waals surface area contributed by atoms with Crippen molar-refractivity contribution >= 4 is 11.9 Å². The minimum atomic E-state index is -1.06. The standard InChI is InChI=1S/C18H20N2O4/c1-3-13(2)20(12-17(21)22)18(23)16-11-15(9-10-19-16)24-14-7-5-4-6-8-14/h4-11,13H,3,12H2,1-2H3,(H,21,22). The van der Waals surface area contributed by atoms with E-state index in [2.05, 4.69) is 4.98 Å². The Labute approximate surface area is 140 Å². The summed E-state index contributed by atoms with van der Waals surface area (Å²) in [5.74, 6) is -0.365. The van der Waals surface area contributed by atoms with Gasteiger partial charge in [0.25, 0.3) is 5.91 Å². The van der Waals surface area contributed by atoms with E-state index in [4.69, 9.17) is 9.84 Å². The van der Waals surface area contributed by atoms with Gasteiger partial charge in [-0.3, -0.25) is 14.6 Å². The molecule has 0 aliphatic carbocycles. The smallest absolute Gasteiger partial charge is 0.323 e. The summed E-state index contributed by atoms with van der Waals surface area (Å²) in [5.41, 5.74) is 0.157. The first-order valence-corrected chi connectivity index (χ1v) is 7.73. The molecule has 6 heteroatoms.